The van der Waals surface area contributed by atoms with Gasteiger partial charge in [-0.25, -0.2) is 8.42 Å². The van der Waals surface area contributed by atoms with Crippen molar-refractivity contribution in [2.75, 3.05) is 19.3 Å². The predicted molar refractivity (Wildman–Crippen MR) is 95.5 cm³/mol. The molecule has 0 aromatic heterocycles. The van der Waals surface area contributed by atoms with E-state index >= 15 is 0 Å². The molecule has 0 saturated heterocycles. The van der Waals surface area contributed by atoms with Crippen molar-refractivity contribution in [3.8, 4) is 5.75 Å². The summed E-state index contributed by atoms with van der Waals surface area (Å²) in [5.74, 6) is -0.213. The minimum atomic E-state index is -3.41. The molecule has 5 nitrogen and oxygen atoms in total. The van der Waals surface area contributed by atoms with Gasteiger partial charge in [0.1, 0.15) is 5.75 Å². The van der Waals surface area contributed by atoms with Crippen LogP contribution in [0.1, 0.15) is 29.5 Å². The fourth-order valence-electron chi connectivity index (χ4n) is 3.46. The van der Waals surface area contributed by atoms with Gasteiger partial charge in [0.25, 0.3) is 0 Å². The monoisotopic (exact) mass is 359 g/mol. The fraction of sp³-hybridized carbons (Fsp3) is 0.316. The normalized spacial score (nSPS) is 17.7. The average molecular weight is 359 g/mol. The Kier molecular flexibility index (Phi) is 4.56. The van der Waals surface area contributed by atoms with Crippen molar-refractivity contribution < 1.29 is 18.3 Å². The molecule has 0 aliphatic carbocycles. The number of carbonyl (C=O) groups is 1. The van der Waals surface area contributed by atoms with Crippen LogP contribution in [0.15, 0.2) is 47.4 Å². The Labute approximate surface area is 147 Å². The quantitative estimate of drug-likeness (QED) is 0.893. The lowest BCUT2D eigenvalue weighted by molar-refractivity contribution is -0.128. The summed E-state index contributed by atoms with van der Waals surface area (Å²) < 4.78 is 24.5. The number of nitrogens with zero attached hydrogens (tertiary/aromatic N) is 1. The molecule has 25 heavy (non-hydrogen) atoms. The number of hydrogen-bond donors (Lipinski definition) is 1. The van der Waals surface area contributed by atoms with Gasteiger partial charge in [0.2, 0.25) is 5.91 Å². The second-order valence-electron chi connectivity index (χ2n) is 6.46. The molecule has 6 heteroatoms. The molecular weight excluding hydrogens is 338 g/mol. The molecule has 0 bridgehead atoms. The van der Waals surface area contributed by atoms with Crippen LogP contribution in [0.3, 0.4) is 0 Å². The first kappa shape index (κ1) is 17.5. The van der Waals surface area contributed by atoms with Crippen LogP contribution < -0.4 is 0 Å². The summed E-state index contributed by atoms with van der Waals surface area (Å²) in [6.45, 7) is 2.48. The first-order valence-electron chi connectivity index (χ1n) is 8.13. The summed E-state index contributed by atoms with van der Waals surface area (Å²) in [6, 6.07) is 12.0. The molecule has 2 aromatic carbocycles. The van der Waals surface area contributed by atoms with Gasteiger partial charge in [0.15, 0.2) is 9.84 Å². The number of amides is 1. The highest BCUT2D eigenvalue weighted by atomic mass is 32.2. The van der Waals surface area contributed by atoms with E-state index < -0.39 is 9.84 Å². The van der Waals surface area contributed by atoms with E-state index in [1.165, 1.54) is 13.2 Å². The Morgan fingerprint density at radius 2 is 1.88 bits per heavy atom. The van der Waals surface area contributed by atoms with E-state index in [2.05, 4.69) is 0 Å². The van der Waals surface area contributed by atoms with Crippen LogP contribution in [-0.2, 0) is 21.1 Å². The minimum absolute atomic E-state index is 0.0427. The van der Waals surface area contributed by atoms with Crippen LogP contribution in [0, 0.1) is 0 Å². The predicted octanol–water partition coefficient (Wildman–Crippen LogP) is 2.33. The summed E-state index contributed by atoms with van der Waals surface area (Å²) in [5.41, 5.74) is 2.56. The van der Waals surface area contributed by atoms with Crippen LogP contribution in [0.2, 0.25) is 0 Å². The molecule has 1 N–H and O–H groups in total. The summed E-state index contributed by atoms with van der Waals surface area (Å²) in [6.07, 6.45) is 1.86. The number of sulfone groups is 1. The van der Waals surface area contributed by atoms with Gasteiger partial charge in [0, 0.05) is 32.2 Å². The molecule has 0 spiro atoms. The highest BCUT2D eigenvalue weighted by molar-refractivity contribution is 7.90. The highest BCUT2D eigenvalue weighted by Gasteiger charge is 2.29. The number of carbonyl (C=O) groups excluding carboxylic acids is 1. The lowest BCUT2D eigenvalue weighted by Gasteiger charge is -2.25. The summed E-state index contributed by atoms with van der Waals surface area (Å²) in [7, 11) is -3.41. The zero-order valence-electron chi connectivity index (χ0n) is 14.3. The molecule has 3 rings (SSSR count). The third-order valence-electron chi connectivity index (χ3n) is 4.70. The summed E-state index contributed by atoms with van der Waals surface area (Å²) >= 11 is 0. The van der Waals surface area contributed by atoms with Gasteiger partial charge in [-0.1, -0.05) is 24.3 Å². The van der Waals surface area contributed by atoms with Crippen molar-refractivity contribution >= 4 is 15.7 Å². The Balaban J connectivity index is 2.22. The zero-order valence-corrected chi connectivity index (χ0v) is 15.1. The third kappa shape index (κ3) is 3.54. The van der Waals surface area contributed by atoms with E-state index in [1.54, 1.807) is 41.3 Å². The standard InChI is InChI=1S/C19H21NO4S/c1-13(21)20-10-9-14-7-8-15(22)11-17(14)18(12-20)16-5-3-4-6-19(16)25(2,23)24/h3-8,11,18,22H,9-10,12H2,1-2H3. The molecular formula is C19H21NO4S. The minimum Gasteiger partial charge on any atom is -0.508 e. The summed E-state index contributed by atoms with van der Waals surface area (Å²) in [5, 5.41) is 9.95. The van der Waals surface area contributed by atoms with Gasteiger partial charge >= 0.3 is 0 Å². The molecule has 1 heterocycles. The molecule has 0 fully saturated rings. The first-order valence-corrected chi connectivity index (χ1v) is 10.0. The molecule has 1 amide bonds. The Morgan fingerprint density at radius 1 is 1.16 bits per heavy atom. The molecule has 132 valence electrons. The van der Waals surface area contributed by atoms with Gasteiger partial charge in [-0.2, -0.15) is 0 Å². The molecule has 1 aliphatic rings. The van der Waals surface area contributed by atoms with E-state index in [1.807, 2.05) is 6.07 Å². The number of aromatic hydroxyl groups is 1. The van der Waals surface area contributed by atoms with Gasteiger partial charge in [-0.3, -0.25) is 4.79 Å². The maximum Gasteiger partial charge on any atom is 0.219 e. The van der Waals surface area contributed by atoms with Crippen LogP contribution >= 0.6 is 0 Å². The van der Waals surface area contributed by atoms with E-state index in [4.69, 9.17) is 0 Å². The van der Waals surface area contributed by atoms with Crippen LogP contribution in [-0.4, -0.2) is 43.7 Å². The van der Waals surface area contributed by atoms with Crippen molar-refractivity contribution in [1.82, 2.24) is 4.90 Å². The van der Waals surface area contributed by atoms with Crippen molar-refractivity contribution in [1.29, 1.82) is 0 Å². The van der Waals surface area contributed by atoms with Crippen LogP contribution in [0.25, 0.3) is 0 Å². The van der Waals surface area contributed by atoms with Crippen molar-refractivity contribution in [3.05, 3.63) is 59.2 Å². The lowest BCUT2D eigenvalue weighted by Crippen LogP contribution is -2.33. The largest absolute Gasteiger partial charge is 0.508 e. The molecule has 1 unspecified atom stereocenters. The van der Waals surface area contributed by atoms with Crippen LogP contribution in [0.5, 0.6) is 5.75 Å². The molecule has 1 aliphatic heterocycles. The van der Waals surface area contributed by atoms with Gasteiger partial charge in [-0.05, 0) is 41.3 Å². The van der Waals surface area contributed by atoms with E-state index in [9.17, 15) is 18.3 Å². The van der Waals surface area contributed by atoms with E-state index in [-0.39, 0.29) is 22.5 Å². The number of fused-ring (bicyclic) bond motifs is 1. The smallest absolute Gasteiger partial charge is 0.219 e. The fourth-order valence-corrected chi connectivity index (χ4v) is 4.42. The Hall–Kier alpha value is -2.34. The van der Waals surface area contributed by atoms with Crippen molar-refractivity contribution in [3.63, 3.8) is 0 Å². The average Bonchev–Trinajstić information content (AvgIpc) is 2.73. The highest BCUT2D eigenvalue weighted by Crippen LogP contribution is 2.36. The number of rotatable bonds is 2. The lowest BCUT2D eigenvalue weighted by atomic mass is 9.88. The topological polar surface area (TPSA) is 74.7 Å². The molecule has 1 atom stereocenters. The SMILES string of the molecule is CC(=O)N1CCc2ccc(O)cc2C(c2ccccc2S(C)(=O)=O)C1. The second kappa shape index (κ2) is 6.52. The second-order valence-corrected chi connectivity index (χ2v) is 8.44. The van der Waals surface area contributed by atoms with Crippen LogP contribution in [0.4, 0.5) is 0 Å². The van der Waals surface area contributed by atoms with Gasteiger partial charge in [-0.15, -0.1) is 0 Å². The zero-order chi connectivity index (χ0) is 18.2. The Morgan fingerprint density at radius 3 is 2.56 bits per heavy atom. The Bertz CT molecular complexity index is 921. The van der Waals surface area contributed by atoms with Crippen molar-refractivity contribution in [2.45, 2.75) is 24.2 Å². The maximum atomic E-state index is 12.2. The van der Waals surface area contributed by atoms with E-state index in [0.29, 0.717) is 25.1 Å². The number of hydrogen-bond acceptors (Lipinski definition) is 4. The summed E-state index contributed by atoms with van der Waals surface area (Å²) in [4.78, 5) is 14.0. The van der Waals surface area contributed by atoms with Gasteiger partial charge < -0.3 is 10.0 Å². The third-order valence-corrected chi connectivity index (χ3v) is 5.87. The van der Waals surface area contributed by atoms with E-state index in [0.717, 1.165) is 11.1 Å². The molecule has 0 saturated carbocycles. The number of benzene rings is 2. The molecule has 2 aromatic rings. The van der Waals surface area contributed by atoms with Gasteiger partial charge in [0.05, 0.1) is 4.90 Å². The maximum absolute atomic E-state index is 12.2. The van der Waals surface area contributed by atoms with Crippen molar-refractivity contribution in [2.24, 2.45) is 0 Å². The first-order chi connectivity index (χ1) is 11.8. The molecule has 0 radical (unpaired) electrons. The number of phenols is 1. The number of phenolic OH excluding ortho intramolecular Hbond substituents is 1.